The van der Waals surface area contributed by atoms with Crippen molar-refractivity contribution in [3.63, 3.8) is 0 Å². The van der Waals surface area contributed by atoms with Gasteiger partial charge in [-0.05, 0) is 37.5 Å². The van der Waals surface area contributed by atoms with E-state index >= 15 is 0 Å². The molecule has 2 rings (SSSR count). The van der Waals surface area contributed by atoms with Crippen LogP contribution in [0.1, 0.15) is 51.4 Å². The van der Waals surface area contributed by atoms with Crippen molar-refractivity contribution in [2.24, 2.45) is 5.41 Å². The molecule has 0 amide bonds. The van der Waals surface area contributed by atoms with Crippen LogP contribution in [0.3, 0.4) is 0 Å². The molecule has 0 saturated heterocycles. The number of esters is 1. The topological polar surface area (TPSA) is 26.3 Å². The van der Waals surface area contributed by atoms with Gasteiger partial charge in [0.25, 0.3) is 0 Å². The molecule has 1 spiro atoms. The average Bonchev–Trinajstić information content (AvgIpc) is 2.29. The molecule has 84 valence electrons. The van der Waals surface area contributed by atoms with Crippen molar-refractivity contribution in [2.45, 2.75) is 51.4 Å². The van der Waals surface area contributed by atoms with Crippen LogP contribution in [0, 0.1) is 5.41 Å². The summed E-state index contributed by atoms with van der Waals surface area (Å²) in [7, 11) is 1.48. The Morgan fingerprint density at radius 2 is 1.87 bits per heavy atom. The first-order chi connectivity index (χ1) is 7.26. The Balaban J connectivity index is 2.15. The fourth-order valence-corrected chi connectivity index (χ4v) is 3.09. The number of carbonyl (C=O) groups excluding carboxylic acids is 1. The molecular weight excluding hydrogens is 188 g/mol. The predicted octanol–water partition coefficient (Wildman–Crippen LogP) is 3.22. The van der Waals surface area contributed by atoms with Crippen LogP contribution < -0.4 is 0 Å². The third-order valence-corrected chi connectivity index (χ3v) is 3.90. The molecule has 0 N–H and O–H groups in total. The second-order valence-corrected chi connectivity index (χ2v) is 4.94. The van der Waals surface area contributed by atoms with Crippen molar-refractivity contribution in [3.8, 4) is 0 Å². The first-order valence-corrected chi connectivity index (χ1v) is 6.06. The van der Waals surface area contributed by atoms with Crippen LogP contribution in [0.5, 0.6) is 0 Å². The van der Waals surface area contributed by atoms with Crippen LogP contribution in [0.2, 0.25) is 0 Å². The number of ether oxygens (including phenoxy) is 1. The number of carbonyl (C=O) groups is 1. The van der Waals surface area contributed by atoms with E-state index in [1.54, 1.807) is 0 Å². The van der Waals surface area contributed by atoms with Crippen molar-refractivity contribution in [2.75, 3.05) is 7.11 Å². The summed E-state index contributed by atoms with van der Waals surface area (Å²) < 4.78 is 4.82. The Kier molecular flexibility index (Phi) is 3.13. The maximum absolute atomic E-state index is 11.5. The lowest BCUT2D eigenvalue weighted by atomic mass is 9.67. The number of methoxy groups -OCH3 is 1. The summed E-state index contributed by atoms with van der Waals surface area (Å²) in [6.45, 7) is 0. The first kappa shape index (κ1) is 10.7. The smallest absolute Gasteiger partial charge is 0.333 e. The molecule has 0 aromatic rings. The summed E-state index contributed by atoms with van der Waals surface area (Å²) >= 11 is 0. The normalized spacial score (nSPS) is 24.7. The Morgan fingerprint density at radius 1 is 1.20 bits per heavy atom. The predicted molar refractivity (Wildman–Crippen MR) is 59.5 cm³/mol. The van der Waals surface area contributed by atoms with E-state index in [9.17, 15) is 4.79 Å². The molecule has 0 atom stereocenters. The van der Waals surface area contributed by atoms with E-state index in [0.29, 0.717) is 5.41 Å². The Labute approximate surface area is 91.7 Å². The molecular formula is C13H20O2. The lowest BCUT2D eigenvalue weighted by Gasteiger charge is -2.38. The molecule has 2 heteroatoms. The van der Waals surface area contributed by atoms with Gasteiger partial charge in [0.1, 0.15) is 0 Å². The Bertz CT molecular complexity index is 272. The van der Waals surface area contributed by atoms with Crippen molar-refractivity contribution < 1.29 is 9.53 Å². The molecule has 2 nitrogen and oxygen atoms in total. The van der Waals surface area contributed by atoms with E-state index in [1.807, 2.05) is 0 Å². The van der Waals surface area contributed by atoms with E-state index < -0.39 is 0 Å². The van der Waals surface area contributed by atoms with E-state index in [2.05, 4.69) is 6.08 Å². The van der Waals surface area contributed by atoms with Crippen LogP contribution in [-0.2, 0) is 9.53 Å². The molecule has 1 fully saturated rings. The molecule has 1 saturated carbocycles. The summed E-state index contributed by atoms with van der Waals surface area (Å²) in [6.07, 6.45) is 12.1. The number of rotatable bonds is 1. The van der Waals surface area contributed by atoms with E-state index in [4.69, 9.17) is 4.74 Å². The van der Waals surface area contributed by atoms with Gasteiger partial charge in [0.15, 0.2) is 0 Å². The van der Waals surface area contributed by atoms with Crippen LogP contribution >= 0.6 is 0 Å². The average molecular weight is 208 g/mol. The SMILES string of the molecule is COC(=O)C1=CC2(CCCCC2)CCC1. The zero-order chi connectivity index (χ0) is 10.7. The van der Waals surface area contributed by atoms with Crippen LogP contribution in [0.4, 0.5) is 0 Å². The highest BCUT2D eigenvalue weighted by molar-refractivity contribution is 5.88. The van der Waals surface area contributed by atoms with Gasteiger partial charge < -0.3 is 4.74 Å². The summed E-state index contributed by atoms with van der Waals surface area (Å²) in [5.41, 5.74) is 1.27. The summed E-state index contributed by atoms with van der Waals surface area (Å²) in [5.74, 6) is -0.111. The summed E-state index contributed by atoms with van der Waals surface area (Å²) in [5, 5.41) is 0. The summed E-state index contributed by atoms with van der Waals surface area (Å²) in [4.78, 5) is 11.5. The minimum atomic E-state index is -0.111. The fourth-order valence-electron chi connectivity index (χ4n) is 3.09. The van der Waals surface area contributed by atoms with Gasteiger partial charge >= 0.3 is 5.97 Å². The molecule has 2 aliphatic rings. The van der Waals surface area contributed by atoms with E-state index in [0.717, 1.165) is 18.4 Å². The van der Waals surface area contributed by atoms with E-state index in [1.165, 1.54) is 45.6 Å². The van der Waals surface area contributed by atoms with Gasteiger partial charge in [-0.3, -0.25) is 0 Å². The summed E-state index contributed by atoms with van der Waals surface area (Å²) in [6, 6.07) is 0. The molecule has 15 heavy (non-hydrogen) atoms. The second-order valence-electron chi connectivity index (χ2n) is 4.94. The molecule has 0 aromatic carbocycles. The highest BCUT2D eigenvalue weighted by Crippen LogP contribution is 2.45. The van der Waals surface area contributed by atoms with Crippen molar-refractivity contribution in [3.05, 3.63) is 11.6 Å². The molecule has 0 bridgehead atoms. The van der Waals surface area contributed by atoms with Gasteiger partial charge in [-0.15, -0.1) is 0 Å². The number of hydrogen-bond donors (Lipinski definition) is 0. The lowest BCUT2D eigenvalue weighted by molar-refractivity contribution is -0.136. The van der Waals surface area contributed by atoms with Gasteiger partial charge in [0, 0.05) is 5.57 Å². The van der Waals surface area contributed by atoms with Gasteiger partial charge in [0.05, 0.1) is 7.11 Å². The maximum atomic E-state index is 11.5. The van der Waals surface area contributed by atoms with Crippen LogP contribution in [-0.4, -0.2) is 13.1 Å². The Morgan fingerprint density at radius 3 is 2.53 bits per heavy atom. The van der Waals surface area contributed by atoms with Gasteiger partial charge in [-0.2, -0.15) is 0 Å². The number of hydrogen-bond acceptors (Lipinski definition) is 2. The fraction of sp³-hybridized carbons (Fsp3) is 0.769. The third kappa shape index (κ3) is 2.24. The third-order valence-electron chi connectivity index (χ3n) is 3.90. The molecule has 0 radical (unpaired) electrons. The van der Waals surface area contributed by atoms with Gasteiger partial charge in [-0.25, -0.2) is 4.79 Å². The molecule has 0 aliphatic heterocycles. The van der Waals surface area contributed by atoms with Crippen molar-refractivity contribution >= 4 is 5.97 Å². The largest absolute Gasteiger partial charge is 0.466 e. The zero-order valence-corrected chi connectivity index (χ0v) is 9.55. The van der Waals surface area contributed by atoms with E-state index in [-0.39, 0.29) is 5.97 Å². The van der Waals surface area contributed by atoms with Crippen LogP contribution in [0.25, 0.3) is 0 Å². The van der Waals surface area contributed by atoms with Crippen molar-refractivity contribution in [1.82, 2.24) is 0 Å². The monoisotopic (exact) mass is 208 g/mol. The Hall–Kier alpha value is -0.790. The molecule has 0 aromatic heterocycles. The van der Waals surface area contributed by atoms with Gasteiger partial charge in [0.2, 0.25) is 0 Å². The minimum Gasteiger partial charge on any atom is -0.466 e. The quantitative estimate of drug-likeness (QED) is 0.618. The lowest BCUT2D eigenvalue weighted by Crippen LogP contribution is -2.26. The first-order valence-electron chi connectivity index (χ1n) is 6.06. The molecule has 0 heterocycles. The zero-order valence-electron chi connectivity index (χ0n) is 9.55. The standard InChI is InChI=1S/C13H20O2/c1-15-12(14)11-6-5-9-13(10-11)7-3-2-4-8-13/h10H,2-9H2,1H3. The molecule has 2 aliphatic carbocycles. The minimum absolute atomic E-state index is 0.111. The van der Waals surface area contributed by atoms with Gasteiger partial charge in [-0.1, -0.05) is 25.3 Å². The highest BCUT2D eigenvalue weighted by Gasteiger charge is 2.33. The highest BCUT2D eigenvalue weighted by atomic mass is 16.5. The second kappa shape index (κ2) is 4.38. The number of allylic oxidation sites excluding steroid dienone is 1. The molecule has 0 unspecified atom stereocenters. The van der Waals surface area contributed by atoms with Crippen molar-refractivity contribution in [1.29, 1.82) is 0 Å². The van der Waals surface area contributed by atoms with Crippen LogP contribution in [0.15, 0.2) is 11.6 Å². The maximum Gasteiger partial charge on any atom is 0.333 e.